The van der Waals surface area contributed by atoms with E-state index in [0.717, 1.165) is 58.8 Å². The zero-order valence-corrected chi connectivity index (χ0v) is 21.9. The molecule has 0 aromatic carbocycles. The van der Waals surface area contributed by atoms with Crippen LogP contribution < -0.4 is 21.7 Å². The molecule has 1 amide bonds. The van der Waals surface area contributed by atoms with Crippen molar-refractivity contribution >= 4 is 39.0 Å². The van der Waals surface area contributed by atoms with E-state index in [-0.39, 0.29) is 24.1 Å². The average Bonchev–Trinajstić information content (AvgIpc) is 3.38. The van der Waals surface area contributed by atoms with E-state index in [4.69, 9.17) is 25.9 Å². The van der Waals surface area contributed by atoms with Crippen LogP contribution in [-0.4, -0.2) is 67.5 Å². The van der Waals surface area contributed by atoms with Gasteiger partial charge in [-0.1, -0.05) is 6.07 Å². The lowest BCUT2D eigenvalue weighted by atomic mass is 9.91. The molecule has 10 heteroatoms. The van der Waals surface area contributed by atoms with Crippen molar-refractivity contribution in [3.05, 3.63) is 45.6 Å². The number of fused-ring (bicyclic) bond motifs is 2. The molecule has 36 heavy (non-hydrogen) atoms. The van der Waals surface area contributed by atoms with Crippen molar-refractivity contribution < 1.29 is 14.3 Å². The molecule has 1 aliphatic carbocycles. The topological polar surface area (TPSA) is 129 Å². The molecule has 5 rings (SSSR count). The van der Waals surface area contributed by atoms with E-state index in [0.29, 0.717) is 30.3 Å². The Bertz CT molecular complexity index is 1280. The highest BCUT2D eigenvalue weighted by Crippen LogP contribution is 2.35. The van der Waals surface area contributed by atoms with Gasteiger partial charge in [-0.05, 0) is 56.4 Å². The standard InChI is InChI=1S/C26H34N6O3S/c1-14-10-15(2)29-26-22(14)23(28)24(36-26)25(33)30-17-5-6-19-16(11-17)4-7-21(31-19)32-12-18(27)20(13-32)35-9-8-34-3/h4,7,10,17-18,20H,5-6,8-9,11-13,27-28H2,1-3H3,(H,30,33)/t17-,18-,20-/m0/s1. The maximum atomic E-state index is 13.1. The number of aryl methyl sites for hydroxylation is 3. The van der Waals surface area contributed by atoms with Gasteiger partial charge in [0.15, 0.2) is 0 Å². The second kappa shape index (κ2) is 10.3. The number of ether oxygens (including phenoxy) is 2. The smallest absolute Gasteiger partial charge is 0.263 e. The van der Waals surface area contributed by atoms with Crippen LogP contribution in [0.4, 0.5) is 11.5 Å². The van der Waals surface area contributed by atoms with Crippen molar-refractivity contribution in [1.82, 2.24) is 15.3 Å². The number of nitrogens with two attached hydrogens (primary N) is 2. The molecule has 192 valence electrons. The Morgan fingerprint density at radius 3 is 2.89 bits per heavy atom. The van der Waals surface area contributed by atoms with Crippen LogP contribution in [0.2, 0.25) is 0 Å². The Balaban J connectivity index is 1.24. The number of nitrogens with zero attached hydrogens (tertiary/aromatic N) is 3. The van der Waals surface area contributed by atoms with E-state index in [1.807, 2.05) is 26.0 Å². The van der Waals surface area contributed by atoms with E-state index in [1.165, 1.54) is 16.9 Å². The van der Waals surface area contributed by atoms with Crippen LogP contribution in [0, 0.1) is 13.8 Å². The monoisotopic (exact) mass is 510 g/mol. The van der Waals surface area contributed by atoms with Crippen molar-refractivity contribution in [2.75, 3.05) is 44.0 Å². The van der Waals surface area contributed by atoms with Gasteiger partial charge < -0.3 is 31.2 Å². The first-order valence-corrected chi connectivity index (χ1v) is 13.2. The normalized spacial score (nSPS) is 21.7. The van der Waals surface area contributed by atoms with E-state index in [2.05, 4.69) is 21.3 Å². The summed E-state index contributed by atoms with van der Waals surface area (Å²) in [5, 5.41) is 4.08. The van der Waals surface area contributed by atoms with Gasteiger partial charge in [0.2, 0.25) is 0 Å². The lowest BCUT2D eigenvalue weighted by molar-refractivity contribution is 0.0212. The van der Waals surface area contributed by atoms with Crippen LogP contribution >= 0.6 is 11.3 Å². The SMILES string of the molecule is COCCO[C@H]1CN(c2ccc3c(n2)CC[C@H](NC(=O)c2sc4nc(C)cc(C)c4c2N)C3)C[C@@H]1N. The number of thiophene rings is 1. The maximum Gasteiger partial charge on any atom is 0.263 e. The number of amides is 1. The number of methoxy groups -OCH3 is 1. The molecule has 1 saturated heterocycles. The Morgan fingerprint density at radius 1 is 1.25 bits per heavy atom. The third-order valence-corrected chi connectivity index (χ3v) is 8.17. The van der Waals surface area contributed by atoms with Crippen molar-refractivity contribution in [2.24, 2.45) is 5.73 Å². The van der Waals surface area contributed by atoms with Crippen LogP contribution in [0.15, 0.2) is 18.2 Å². The molecule has 0 radical (unpaired) electrons. The van der Waals surface area contributed by atoms with E-state index >= 15 is 0 Å². The summed E-state index contributed by atoms with van der Waals surface area (Å²) in [5.74, 6) is 0.803. The largest absolute Gasteiger partial charge is 0.397 e. The number of rotatable bonds is 7. The summed E-state index contributed by atoms with van der Waals surface area (Å²) in [4.78, 5) is 26.2. The molecule has 0 saturated carbocycles. The summed E-state index contributed by atoms with van der Waals surface area (Å²) in [6.45, 7) is 6.49. The molecule has 1 fully saturated rings. The van der Waals surface area contributed by atoms with Gasteiger partial charge in [-0.2, -0.15) is 0 Å². The predicted octanol–water partition coefficient (Wildman–Crippen LogP) is 2.36. The lowest BCUT2D eigenvalue weighted by Gasteiger charge is -2.26. The first-order valence-electron chi connectivity index (χ1n) is 12.4. The number of anilines is 2. The van der Waals surface area contributed by atoms with Gasteiger partial charge in [-0.15, -0.1) is 11.3 Å². The fourth-order valence-corrected chi connectivity index (χ4v) is 6.35. The molecule has 3 atom stereocenters. The number of pyridine rings is 2. The van der Waals surface area contributed by atoms with E-state index in [1.54, 1.807) is 7.11 Å². The van der Waals surface area contributed by atoms with Gasteiger partial charge in [0.1, 0.15) is 15.5 Å². The third-order valence-electron chi connectivity index (χ3n) is 7.07. The molecule has 2 aliphatic rings. The minimum atomic E-state index is -0.129. The number of carbonyl (C=O) groups is 1. The third kappa shape index (κ3) is 4.90. The summed E-state index contributed by atoms with van der Waals surface area (Å²) in [5.41, 5.74) is 17.4. The molecule has 5 N–H and O–H groups in total. The van der Waals surface area contributed by atoms with E-state index in [9.17, 15) is 4.79 Å². The van der Waals surface area contributed by atoms with Crippen molar-refractivity contribution in [3.63, 3.8) is 0 Å². The number of carbonyl (C=O) groups excluding carboxylic acids is 1. The van der Waals surface area contributed by atoms with Crippen LogP contribution in [-0.2, 0) is 22.3 Å². The molecule has 0 bridgehead atoms. The minimum Gasteiger partial charge on any atom is -0.397 e. The number of nitrogens with one attached hydrogen (secondary N) is 1. The highest BCUT2D eigenvalue weighted by molar-refractivity contribution is 7.21. The number of aromatic nitrogens is 2. The van der Waals surface area contributed by atoms with Gasteiger partial charge >= 0.3 is 0 Å². The van der Waals surface area contributed by atoms with Gasteiger partial charge in [0.25, 0.3) is 5.91 Å². The Morgan fingerprint density at radius 2 is 2.08 bits per heavy atom. The Kier molecular flexibility index (Phi) is 7.11. The summed E-state index contributed by atoms with van der Waals surface area (Å²) < 4.78 is 10.9. The predicted molar refractivity (Wildman–Crippen MR) is 143 cm³/mol. The quantitative estimate of drug-likeness (QED) is 0.413. The first kappa shape index (κ1) is 24.9. The average molecular weight is 511 g/mol. The van der Waals surface area contributed by atoms with Crippen LogP contribution in [0.3, 0.4) is 0 Å². The molecule has 4 heterocycles. The zero-order chi connectivity index (χ0) is 25.4. The van der Waals surface area contributed by atoms with Crippen LogP contribution in [0.5, 0.6) is 0 Å². The molecule has 1 aliphatic heterocycles. The van der Waals surface area contributed by atoms with Crippen molar-refractivity contribution in [1.29, 1.82) is 0 Å². The molecule has 3 aromatic heterocycles. The fourth-order valence-electron chi connectivity index (χ4n) is 5.23. The van der Waals surface area contributed by atoms with Crippen LogP contribution in [0.1, 0.15) is 38.6 Å². The Labute approximate surface area is 215 Å². The second-order valence-corrected chi connectivity index (χ2v) is 10.8. The summed E-state index contributed by atoms with van der Waals surface area (Å²) >= 11 is 1.36. The summed E-state index contributed by atoms with van der Waals surface area (Å²) in [7, 11) is 1.66. The Hall–Kier alpha value is -2.79. The summed E-state index contributed by atoms with van der Waals surface area (Å²) in [6.07, 6.45) is 2.36. The van der Waals surface area contributed by atoms with Gasteiger partial charge in [0, 0.05) is 43.0 Å². The molecule has 9 nitrogen and oxygen atoms in total. The van der Waals surface area contributed by atoms with E-state index < -0.39 is 0 Å². The number of hydrogen-bond acceptors (Lipinski definition) is 9. The molecule has 0 unspecified atom stereocenters. The minimum absolute atomic E-state index is 0.0261. The first-order chi connectivity index (χ1) is 17.3. The molecular weight excluding hydrogens is 476 g/mol. The molecule has 3 aromatic rings. The highest BCUT2D eigenvalue weighted by Gasteiger charge is 2.32. The van der Waals surface area contributed by atoms with Gasteiger partial charge in [0.05, 0.1) is 31.0 Å². The fraction of sp³-hybridized carbons (Fsp3) is 0.500. The lowest BCUT2D eigenvalue weighted by Crippen LogP contribution is -2.39. The highest BCUT2D eigenvalue weighted by atomic mass is 32.1. The zero-order valence-electron chi connectivity index (χ0n) is 21.0. The second-order valence-electron chi connectivity index (χ2n) is 9.76. The van der Waals surface area contributed by atoms with Gasteiger partial charge in [-0.3, -0.25) is 4.79 Å². The van der Waals surface area contributed by atoms with Crippen LogP contribution in [0.25, 0.3) is 10.2 Å². The van der Waals surface area contributed by atoms with Gasteiger partial charge in [-0.25, -0.2) is 9.97 Å². The number of hydrogen-bond donors (Lipinski definition) is 3. The summed E-state index contributed by atoms with van der Waals surface area (Å²) in [6, 6.07) is 6.16. The van der Waals surface area contributed by atoms with Crippen molar-refractivity contribution in [3.8, 4) is 0 Å². The number of nitrogen functional groups attached to an aromatic ring is 1. The molecule has 0 spiro atoms. The van der Waals surface area contributed by atoms with Crippen molar-refractivity contribution in [2.45, 2.75) is 51.3 Å². The molecular formula is C26H34N6O3S. The maximum absolute atomic E-state index is 13.1.